The highest BCUT2D eigenvalue weighted by atomic mass is 16.5. The molecule has 6 nitrogen and oxygen atoms in total. The minimum Gasteiger partial charge on any atom is -0.409 e. The molecule has 17 heavy (non-hydrogen) atoms. The second kappa shape index (κ2) is 8.81. The molecule has 0 saturated heterocycles. The van der Waals surface area contributed by atoms with Gasteiger partial charge in [0.25, 0.3) is 0 Å². The lowest BCUT2D eigenvalue weighted by Crippen LogP contribution is -2.34. The lowest BCUT2D eigenvalue weighted by Gasteiger charge is -2.21. The zero-order valence-corrected chi connectivity index (χ0v) is 10.8. The molecule has 1 atom stereocenters. The summed E-state index contributed by atoms with van der Waals surface area (Å²) in [6, 6.07) is 0. The van der Waals surface area contributed by atoms with E-state index in [0.717, 1.165) is 0 Å². The minimum absolute atomic E-state index is 0.0714. The first-order valence-electron chi connectivity index (χ1n) is 5.82. The van der Waals surface area contributed by atoms with Gasteiger partial charge in [0, 0.05) is 33.0 Å². The average Bonchev–Trinajstić information content (AvgIpc) is 2.35. The van der Waals surface area contributed by atoms with Crippen LogP contribution in [0.15, 0.2) is 5.16 Å². The van der Waals surface area contributed by atoms with Crippen molar-refractivity contribution >= 4 is 11.7 Å². The van der Waals surface area contributed by atoms with E-state index in [4.69, 9.17) is 15.7 Å². The summed E-state index contributed by atoms with van der Waals surface area (Å²) in [6.45, 7) is 4.94. The Hall–Kier alpha value is -1.30. The first-order chi connectivity index (χ1) is 8.04. The van der Waals surface area contributed by atoms with E-state index in [1.165, 1.54) is 0 Å². The molecule has 0 fully saturated rings. The predicted octanol–water partition coefficient (Wildman–Crippen LogP) is 0.786. The van der Waals surface area contributed by atoms with Crippen LogP contribution in [0.2, 0.25) is 0 Å². The molecular weight excluding hydrogens is 222 g/mol. The number of carbonyl (C=O) groups is 1. The third-order valence-corrected chi connectivity index (χ3v) is 2.67. The number of hydrogen-bond acceptors (Lipinski definition) is 4. The van der Waals surface area contributed by atoms with E-state index >= 15 is 0 Å². The Balaban J connectivity index is 4.04. The third-order valence-electron chi connectivity index (χ3n) is 2.67. The average molecular weight is 245 g/mol. The predicted molar refractivity (Wildman–Crippen MR) is 66.0 cm³/mol. The number of nitrogens with zero attached hydrogens (tertiary/aromatic N) is 2. The minimum atomic E-state index is 0.0714. The molecule has 0 radical (unpaired) electrons. The Labute approximate surface area is 102 Å². The summed E-state index contributed by atoms with van der Waals surface area (Å²) in [5.41, 5.74) is 5.36. The highest BCUT2D eigenvalue weighted by molar-refractivity contribution is 5.81. The molecule has 0 spiro atoms. The molecule has 1 amide bonds. The number of nitrogens with two attached hydrogens (primary N) is 1. The van der Waals surface area contributed by atoms with E-state index in [1.54, 1.807) is 12.0 Å². The van der Waals surface area contributed by atoms with E-state index in [-0.39, 0.29) is 17.8 Å². The summed E-state index contributed by atoms with van der Waals surface area (Å²) >= 11 is 0. The van der Waals surface area contributed by atoms with Gasteiger partial charge in [0.05, 0.1) is 6.10 Å². The van der Waals surface area contributed by atoms with Crippen molar-refractivity contribution < 1.29 is 14.7 Å². The summed E-state index contributed by atoms with van der Waals surface area (Å²) in [5, 5.41) is 11.3. The van der Waals surface area contributed by atoms with Gasteiger partial charge in [-0.25, -0.2) is 0 Å². The van der Waals surface area contributed by atoms with Crippen LogP contribution in [0.25, 0.3) is 0 Å². The molecule has 0 aliphatic carbocycles. The number of hydrogen-bond donors (Lipinski definition) is 2. The Kier molecular flexibility index (Phi) is 8.13. The molecule has 0 aromatic carbocycles. The molecule has 6 heteroatoms. The van der Waals surface area contributed by atoms with Gasteiger partial charge >= 0.3 is 0 Å². The molecule has 3 N–H and O–H groups in total. The maximum Gasteiger partial charge on any atom is 0.222 e. The Bertz CT molecular complexity index is 256. The SMILES string of the molecule is CCN(CCC(N)=NO)C(=O)CCC(C)OC. The second-order valence-corrected chi connectivity index (χ2v) is 3.90. The van der Waals surface area contributed by atoms with Crippen LogP contribution in [-0.2, 0) is 9.53 Å². The summed E-state index contributed by atoms with van der Waals surface area (Å²) < 4.78 is 5.09. The van der Waals surface area contributed by atoms with E-state index in [2.05, 4.69) is 5.16 Å². The van der Waals surface area contributed by atoms with Crippen LogP contribution < -0.4 is 5.73 Å². The maximum absolute atomic E-state index is 11.8. The fourth-order valence-corrected chi connectivity index (χ4v) is 1.36. The van der Waals surface area contributed by atoms with Gasteiger partial charge < -0.3 is 20.6 Å². The van der Waals surface area contributed by atoms with Crippen molar-refractivity contribution in [2.75, 3.05) is 20.2 Å². The number of amidine groups is 1. The van der Waals surface area contributed by atoms with Crippen molar-refractivity contribution in [3.05, 3.63) is 0 Å². The quantitative estimate of drug-likeness (QED) is 0.286. The largest absolute Gasteiger partial charge is 0.409 e. The van der Waals surface area contributed by atoms with Gasteiger partial charge in [0.1, 0.15) is 5.84 Å². The highest BCUT2D eigenvalue weighted by Crippen LogP contribution is 2.04. The Morgan fingerprint density at radius 1 is 1.53 bits per heavy atom. The number of carbonyl (C=O) groups excluding carboxylic acids is 1. The standard InChI is InChI=1S/C11H23N3O3/c1-4-14(8-7-10(12)13-16)11(15)6-5-9(2)17-3/h9,16H,4-8H2,1-3H3,(H2,12,13). The fourth-order valence-electron chi connectivity index (χ4n) is 1.36. The lowest BCUT2D eigenvalue weighted by atomic mass is 10.2. The van der Waals surface area contributed by atoms with Gasteiger partial charge in [-0.15, -0.1) is 0 Å². The highest BCUT2D eigenvalue weighted by Gasteiger charge is 2.13. The normalized spacial score (nSPS) is 13.5. The van der Waals surface area contributed by atoms with Gasteiger partial charge in [-0.2, -0.15) is 0 Å². The molecule has 0 aliphatic heterocycles. The van der Waals surface area contributed by atoms with Crippen LogP contribution in [-0.4, -0.2) is 48.2 Å². The van der Waals surface area contributed by atoms with Gasteiger partial charge in [0.15, 0.2) is 0 Å². The van der Waals surface area contributed by atoms with E-state index in [0.29, 0.717) is 32.4 Å². The molecule has 0 aromatic rings. The Morgan fingerprint density at radius 2 is 2.18 bits per heavy atom. The maximum atomic E-state index is 11.8. The number of ether oxygens (including phenoxy) is 1. The monoisotopic (exact) mass is 245 g/mol. The summed E-state index contributed by atoms with van der Waals surface area (Å²) in [6.07, 6.45) is 1.63. The number of rotatable bonds is 8. The molecule has 0 aromatic heterocycles. The number of amides is 1. The van der Waals surface area contributed by atoms with E-state index < -0.39 is 0 Å². The smallest absolute Gasteiger partial charge is 0.222 e. The van der Waals surface area contributed by atoms with E-state index in [9.17, 15) is 4.79 Å². The number of methoxy groups -OCH3 is 1. The molecule has 0 bridgehead atoms. The zero-order valence-electron chi connectivity index (χ0n) is 10.8. The van der Waals surface area contributed by atoms with Crippen LogP contribution in [0.3, 0.4) is 0 Å². The molecule has 0 aliphatic rings. The Morgan fingerprint density at radius 3 is 2.65 bits per heavy atom. The van der Waals surface area contributed by atoms with Crippen molar-refractivity contribution in [2.24, 2.45) is 10.9 Å². The van der Waals surface area contributed by atoms with Crippen molar-refractivity contribution in [1.82, 2.24) is 4.90 Å². The molecule has 0 heterocycles. The summed E-state index contributed by atoms with van der Waals surface area (Å²) in [7, 11) is 1.63. The lowest BCUT2D eigenvalue weighted by molar-refractivity contribution is -0.131. The molecule has 100 valence electrons. The fraction of sp³-hybridized carbons (Fsp3) is 0.818. The first kappa shape index (κ1) is 15.7. The van der Waals surface area contributed by atoms with Gasteiger partial charge in [0.2, 0.25) is 5.91 Å². The molecular formula is C11H23N3O3. The van der Waals surface area contributed by atoms with Crippen molar-refractivity contribution in [1.29, 1.82) is 0 Å². The molecule has 0 saturated carbocycles. The molecule has 1 unspecified atom stereocenters. The topological polar surface area (TPSA) is 88.1 Å². The van der Waals surface area contributed by atoms with Gasteiger partial charge in [-0.05, 0) is 20.3 Å². The summed E-state index contributed by atoms with van der Waals surface area (Å²) in [5.74, 6) is 0.212. The summed E-state index contributed by atoms with van der Waals surface area (Å²) in [4.78, 5) is 13.5. The van der Waals surface area contributed by atoms with Crippen LogP contribution in [0.5, 0.6) is 0 Å². The van der Waals surface area contributed by atoms with Crippen molar-refractivity contribution in [3.63, 3.8) is 0 Å². The van der Waals surface area contributed by atoms with Crippen LogP contribution in [0, 0.1) is 0 Å². The zero-order chi connectivity index (χ0) is 13.3. The molecule has 0 rings (SSSR count). The first-order valence-corrected chi connectivity index (χ1v) is 5.82. The van der Waals surface area contributed by atoms with Crippen LogP contribution in [0.1, 0.15) is 33.1 Å². The third kappa shape index (κ3) is 6.78. The van der Waals surface area contributed by atoms with Gasteiger partial charge in [-0.3, -0.25) is 4.79 Å². The van der Waals surface area contributed by atoms with Gasteiger partial charge in [-0.1, -0.05) is 5.16 Å². The van der Waals surface area contributed by atoms with E-state index in [1.807, 2.05) is 13.8 Å². The van der Waals surface area contributed by atoms with Crippen LogP contribution >= 0.6 is 0 Å². The second-order valence-electron chi connectivity index (χ2n) is 3.90. The number of oxime groups is 1. The van der Waals surface area contributed by atoms with Crippen molar-refractivity contribution in [2.45, 2.75) is 39.2 Å². The van der Waals surface area contributed by atoms with Crippen molar-refractivity contribution in [3.8, 4) is 0 Å². The van der Waals surface area contributed by atoms with Crippen LogP contribution in [0.4, 0.5) is 0 Å².